The highest BCUT2D eigenvalue weighted by Crippen LogP contribution is 2.27. The monoisotopic (exact) mass is 334 g/mol. The number of likely N-dealkylation sites (N-methyl/N-ethyl adjacent to an activating group) is 1. The third-order valence-electron chi connectivity index (χ3n) is 4.91. The maximum absolute atomic E-state index is 12.6. The van der Waals surface area contributed by atoms with Gasteiger partial charge in [-0.1, -0.05) is 25.1 Å². The topological polar surface area (TPSA) is 64.8 Å². The van der Waals surface area contributed by atoms with Crippen LogP contribution in [0.4, 0.5) is 0 Å². The van der Waals surface area contributed by atoms with Crippen molar-refractivity contribution < 1.29 is 14.3 Å². The molecule has 1 amide bonds. The maximum atomic E-state index is 12.6. The van der Waals surface area contributed by atoms with Crippen LogP contribution in [-0.4, -0.2) is 50.3 Å². The van der Waals surface area contributed by atoms with Gasteiger partial charge in [-0.05, 0) is 37.3 Å². The summed E-state index contributed by atoms with van der Waals surface area (Å²) in [6.45, 7) is 3.19. The quantitative estimate of drug-likeness (QED) is 0.830. The number of ether oxygens (including phenoxy) is 2. The van der Waals surface area contributed by atoms with Gasteiger partial charge < -0.3 is 20.1 Å². The van der Waals surface area contributed by atoms with Crippen molar-refractivity contribution in [2.24, 2.45) is 11.7 Å². The molecule has 0 bridgehead atoms. The van der Waals surface area contributed by atoms with E-state index >= 15 is 0 Å². The van der Waals surface area contributed by atoms with Crippen molar-refractivity contribution in [2.45, 2.75) is 44.8 Å². The smallest absolute Gasteiger partial charge is 0.225 e. The molecule has 0 aliphatic heterocycles. The standard InChI is InChI=1S/C19H30N2O3/c1-4-14-7-5-6-8-17(14)24-12-11-21(2)19(22)15-9-10-16(20)18(13-15)23-3/h5-8,15-16,18H,4,9-13,20H2,1-3H3/t15-,16-,18-/m0/s1. The number of methoxy groups -OCH3 is 1. The number of aryl methyl sites for hydroxylation is 1. The molecule has 1 aliphatic rings. The Kier molecular flexibility index (Phi) is 7.06. The minimum Gasteiger partial charge on any atom is -0.491 e. The largest absolute Gasteiger partial charge is 0.491 e. The Morgan fingerprint density at radius 3 is 2.79 bits per heavy atom. The van der Waals surface area contributed by atoms with Crippen molar-refractivity contribution in [1.29, 1.82) is 0 Å². The second-order valence-electron chi connectivity index (χ2n) is 6.52. The van der Waals surface area contributed by atoms with Gasteiger partial charge in [0.2, 0.25) is 5.91 Å². The summed E-state index contributed by atoms with van der Waals surface area (Å²) in [4.78, 5) is 14.4. The lowest BCUT2D eigenvalue weighted by Crippen LogP contribution is -2.46. The number of hydrogen-bond donors (Lipinski definition) is 1. The first kappa shape index (κ1) is 18.7. The lowest BCUT2D eigenvalue weighted by atomic mass is 9.83. The van der Waals surface area contributed by atoms with Crippen LogP contribution in [0.5, 0.6) is 5.75 Å². The van der Waals surface area contributed by atoms with Crippen LogP contribution in [0, 0.1) is 5.92 Å². The Hall–Kier alpha value is -1.59. The number of nitrogens with two attached hydrogens (primary N) is 1. The fourth-order valence-electron chi connectivity index (χ4n) is 3.30. The lowest BCUT2D eigenvalue weighted by Gasteiger charge is -2.34. The molecule has 134 valence electrons. The molecule has 0 spiro atoms. The third-order valence-corrected chi connectivity index (χ3v) is 4.91. The summed E-state index contributed by atoms with van der Waals surface area (Å²) in [5.74, 6) is 1.07. The average Bonchev–Trinajstić information content (AvgIpc) is 2.61. The van der Waals surface area contributed by atoms with Gasteiger partial charge >= 0.3 is 0 Å². The summed E-state index contributed by atoms with van der Waals surface area (Å²) in [5.41, 5.74) is 7.22. The van der Waals surface area contributed by atoms with E-state index in [1.807, 2.05) is 25.2 Å². The third kappa shape index (κ3) is 4.71. The van der Waals surface area contributed by atoms with Crippen LogP contribution in [0.1, 0.15) is 31.7 Å². The van der Waals surface area contributed by atoms with Crippen molar-refractivity contribution in [3.8, 4) is 5.75 Å². The molecule has 0 radical (unpaired) electrons. The van der Waals surface area contributed by atoms with Crippen molar-refractivity contribution in [2.75, 3.05) is 27.3 Å². The van der Waals surface area contributed by atoms with Crippen molar-refractivity contribution >= 4 is 5.91 Å². The molecule has 0 heterocycles. The molecule has 1 aromatic carbocycles. The summed E-state index contributed by atoms with van der Waals surface area (Å²) in [6, 6.07) is 8.08. The molecular weight excluding hydrogens is 304 g/mol. The molecule has 5 heteroatoms. The first-order valence-electron chi connectivity index (χ1n) is 8.80. The first-order valence-corrected chi connectivity index (χ1v) is 8.80. The molecule has 1 aromatic rings. The van der Waals surface area contributed by atoms with Crippen LogP contribution in [0.15, 0.2) is 24.3 Å². The number of rotatable bonds is 7. The van der Waals surface area contributed by atoms with Crippen molar-refractivity contribution in [3.05, 3.63) is 29.8 Å². The highest BCUT2D eigenvalue weighted by atomic mass is 16.5. The van der Waals surface area contributed by atoms with Gasteiger partial charge in [-0.2, -0.15) is 0 Å². The number of hydrogen-bond acceptors (Lipinski definition) is 4. The van der Waals surface area contributed by atoms with E-state index in [1.54, 1.807) is 12.0 Å². The molecule has 24 heavy (non-hydrogen) atoms. The van der Waals surface area contributed by atoms with Crippen LogP contribution in [-0.2, 0) is 16.0 Å². The molecule has 0 unspecified atom stereocenters. The summed E-state index contributed by atoms with van der Waals surface area (Å²) in [6.07, 6.45) is 3.30. The zero-order valence-corrected chi connectivity index (χ0v) is 15.0. The molecule has 1 fully saturated rings. The highest BCUT2D eigenvalue weighted by molar-refractivity contribution is 5.78. The Labute approximate surface area is 145 Å². The van der Waals surface area contributed by atoms with Crippen LogP contribution in [0.3, 0.4) is 0 Å². The predicted octanol–water partition coefficient (Wildman–Crippen LogP) is 2.23. The molecule has 3 atom stereocenters. The second kappa shape index (κ2) is 9.04. The van der Waals surface area contributed by atoms with Gasteiger partial charge in [-0.25, -0.2) is 0 Å². The molecule has 0 saturated heterocycles. The van der Waals surface area contributed by atoms with E-state index in [2.05, 4.69) is 13.0 Å². The van der Waals surface area contributed by atoms with Crippen molar-refractivity contribution in [1.82, 2.24) is 4.90 Å². The van der Waals surface area contributed by atoms with Gasteiger partial charge in [-0.3, -0.25) is 4.79 Å². The zero-order chi connectivity index (χ0) is 17.5. The predicted molar refractivity (Wildman–Crippen MR) is 95.1 cm³/mol. The first-order chi connectivity index (χ1) is 11.6. The van der Waals surface area contributed by atoms with E-state index in [1.165, 1.54) is 5.56 Å². The Morgan fingerprint density at radius 1 is 1.33 bits per heavy atom. The van der Waals surface area contributed by atoms with Crippen LogP contribution in [0.25, 0.3) is 0 Å². The number of nitrogens with zero attached hydrogens (tertiary/aromatic N) is 1. The normalized spacial score (nSPS) is 23.8. The van der Waals surface area contributed by atoms with Gasteiger partial charge in [-0.15, -0.1) is 0 Å². The van der Waals surface area contributed by atoms with E-state index < -0.39 is 0 Å². The van der Waals surface area contributed by atoms with Gasteiger partial charge in [0.05, 0.1) is 12.6 Å². The molecule has 5 nitrogen and oxygen atoms in total. The van der Waals surface area contributed by atoms with Crippen LogP contribution in [0.2, 0.25) is 0 Å². The van der Waals surface area contributed by atoms with Crippen molar-refractivity contribution in [3.63, 3.8) is 0 Å². The molecule has 1 saturated carbocycles. The lowest BCUT2D eigenvalue weighted by molar-refractivity contribution is -0.137. The zero-order valence-electron chi connectivity index (χ0n) is 15.0. The molecular formula is C19H30N2O3. The summed E-state index contributed by atoms with van der Waals surface area (Å²) < 4.78 is 11.3. The fraction of sp³-hybridized carbons (Fsp3) is 0.632. The number of carbonyl (C=O) groups excluding carboxylic acids is 1. The summed E-state index contributed by atoms with van der Waals surface area (Å²) in [7, 11) is 3.51. The number of carbonyl (C=O) groups is 1. The van der Waals surface area contributed by atoms with E-state index in [9.17, 15) is 4.79 Å². The van der Waals surface area contributed by atoms with Crippen LogP contribution >= 0.6 is 0 Å². The van der Waals surface area contributed by atoms with E-state index in [0.717, 1.165) is 25.0 Å². The van der Waals surface area contributed by atoms with Gasteiger partial charge in [0, 0.05) is 26.1 Å². The Morgan fingerprint density at radius 2 is 2.08 bits per heavy atom. The number of para-hydroxylation sites is 1. The minimum atomic E-state index is -0.0196. The van der Waals surface area contributed by atoms with E-state index in [-0.39, 0.29) is 24.0 Å². The van der Waals surface area contributed by atoms with E-state index in [4.69, 9.17) is 15.2 Å². The Balaban J connectivity index is 1.81. The molecule has 0 aromatic heterocycles. The second-order valence-corrected chi connectivity index (χ2v) is 6.52. The fourth-order valence-corrected chi connectivity index (χ4v) is 3.30. The minimum absolute atomic E-state index is 0.00248. The van der Waals surface area contributed by atoms with Gasteiger partial charge in [0.1, 0.15) is 12.4 Å². The van der Waals surface area contributed by atoms with E-state index in [0.29, 0.717) is 19.6 Å². The molecule has 1 aliphatic carbocycles. The maximum Gasteiger partial charge on any atom is 0.225 e. The molecule has 2 rings (SSSR count). The highest BCUT2D eigenvalue weighted by Gasteiger charge is 2.33. The molecule has 2 N–H and O–H groups in total. The number of amides is 1. The van der Waals surface area contributed by atoms with Gasteiger partial charge in [0.15, 0.2) is 0 Å². The summed E-state index contributed by atoms with van der Waals surface area (Å²) >= 11 is 0. The number of benzene rings is 1. The van der Waals surface area contributed by atoms with Crippen LogP contribution < -0.4 is 10.5 Å². The Bertz CT molecular complexity index is 535. The average molecular weight is 334 g/mol. The SMILES string of the molecule is CCc1ccccc1OCCN(C)C(=O)[C@H]1CC[C@H](N)[C@@H](OC)C1. The summed E-state index contributed by atoms with van der Waals surface area (Å²) in [5, 5.41) is 0. The van der Waals surface area contributed by atoms with Gasteiger partial charge in [0.25, 0.3) is 0 Å².